The van der Waals surface area contributed by atoms with E-state index in [1.54, 1.807) is 14.2 Å². The van der Waals surface area contributed by atoms with Gasteiger partial charge in [0.25, 0.3) is 0 Å². The number of methoxy groups -OCH3 is 2. The average Bonchev–Trinajstić information content (AvgIpc) is 3.39. The van der Waals surface area contributed by atoms with Crippen molar-refractivity contribution < 1.29 is 14.3 Å². The van der Waals surface area contributed by atoms with Crippen LogP contribution in [0.4, 0.5) is 0 Å². The van der Waals surface area contributed by atoms with Gasteiger partial charge in [0.1, 0.15) is 0 Å². The van der Waals surface area contributed by atoms with Gasteiger partial charge in [0.05, 0.1) is 26.0 Å². The predicted octanol–water partition coefficient (Wildman–Crippen LogP) is 3.60. The van der Waals surface area contributed by atoms with Crippen LogP contribution in [-0.2, 0) is 24.1 Å². The Morgan fingerprint density at radius 1 is 1.18 bits per heavy atom. The van der Waals surface area contributed by atoms with Gasteiger partial charge in [0.15, 0.2) is 11.5 Å². The summed E-state index contributed by atoms with van der Waals surface area (Å²) in [5.41, 5.74) is 4.83. The second-order valence-corrected chi connectivity index (χ2v) is 7.69. The first-order valence-corrected chi connectivity index (χ1v) is 10.3. The summed E-state index contributed by atoms with van der Waals surface area (Å²) in [5, 5.41) is 7.67. The van der Waals surface area contributed by atoms with Crippen molar-refractivity contribution in [1.82, 2.24) is 15.1 Å². The van der Waals surface area contributed by atoms with Gasteiger partial charge >= 0.3 is 0 Å². The summed E-state index contributed by atoms with van der Waals surface area (Å²) in [4.78, 5) is 15.0. The molecule has 2 aromatic rings. The minimum absolute atomic E-state index is 0.111. The van der Waals surface area contributed by atoms with E-state index in [0.29, 0.717) is 17.9 Å². The van der Waals surface area contributed by atoms with Gasteiger partial charge in [0.2, 0.25) is 5.91 Å². The number of rotatable bonds is 6. The molecule has 1 aromatic carbocycles. The first-order valence-electron chi connectivity index (χ1n) is 10.3. The maximum atomic E-state index is 13.0. The fourth-order valence-electron chi connectivity index (χ4n) is 4.60. The van der Waals surface area contributed by atoms with Crippen LogP contribution in [0, 0.1) is 0 Å². The Bertz CT molecular complexity index is 846. The van der Waals surface area contributed by atoms with Crippen LogP contribution in [0.25, 0.3) is 0 Å². The van der Waals surface area contributed by atoms with Crippen molar-refractivity contribution in [2.24, 2.45) is 0 Å². The van der Waals surface area contributed by atoms with Crippen LogP contribution >= 0.6 is 0 Å². The number of ether oxygens (including phenoxy) is 2. The molecule has 0 spiro atoms. The highest BCUT2D eigenvalue weighted by Gasteiger charge is 2.30. The van der Waals surface area contributed by atoms with Crippen LogP contribution in [0.1, 0.15) is 60.7 Å². The molecule has 4 rings (SSSR count). The molecule has 1 saturated heterocycles. The predicted molar refractivity (Wildman–Crippen MR) is 107 cm³/mol. The second-order valence-electron chi connectivity index (χ2n) is 7.69. The lowest BCUT2D eigenvalue weighted by Gasteiger charge is -2.26. The lowest BCUT2D eigenvalue weighted by atomic mass is 9.94. The summed E-state index contributed by atoms with van der Waals surface area (Å²) in [6.45, 7) is 0.816. The molecular formula is C22H29N3O3. The third-order valence-electron chi connectivity index (χ3n) is 6.08. The highest BCUT2D eigenvalue weighted by Crippen LogP contribution is 2.37. The van der Waals surface area contributed by atoms with Gasteiger partial charge in [-0.05, 0) is 61.8 Å². The largest absolute Gasteiger partial charge is 0.493 e. The average molecular weight is 383 g/mol. The monoisotopic (exact) mass is 383 g/mol. The van der Waals surface area contributed by atoms with Gasteiger partial charge in [-0.25, -0.2) is 0 Å². The Morgan fingerprint density at radius 3 is 2.82 bits per heavy atom. The van der Waals surface area contributed by atoms with Crippen molar-refractivity contribution in [3.63, 3.8) is 0 Å². The Hall–Kier alpha value is -2.50. The van der Waals surface area contributed by atoms with Crippen LogP contribution < -0.4 is 9.47 Å². The molecule has 6 nitrogen and oxygen atoms in total. The van der Waals surface area contributed by atoms with Crippen LogP contribution in [0.15, 0.2) is 18.2 Å². The molecule has 6 heteroatoms. The van der Waals surface area contributed by atoms with Crippen LogP contribution in [0.5, 0.6) is 11.5 Å². The maximum absolute atomic E-state index is 13.0. The fourth-order valence-corrected chi connectivity index (χ4v) is 4.60. The van der Waals surface area contributed by atoms with E-state index >= 15 is 0 Å². The number of hydrogen-bond acceptors (Lipinski definition) is 4. The van der Waals surface area contributed by atoms with E-state index in [-0.39, 0.29) is 11.9 Å². The number of likely N-dealkylation sites (tertiary alicyclic amines) is 1. The van der Waals surface area contributed by atoms with E-state index < -0.39 is 0 Å². The minimum atomic E-state index is 0.111. The third kappa shape index (κ3) is 3.60. The van der Waals surface area contributed by atoms with Gasteiger partial charge in [-0.15, -0.1) is 0 Å². The number of benzene rings is 1. The summed E-state index contributed by atoms with van der Waals surface area (Å²) >= 11 is 0. The highest BCUT2D eigenvalue weighted by molar-refractivity contribution is 5.77. The van der Waals surface area contributed by atoms with E-state index in [0.717, 1.165) is 49.9 Å². The number of H-pyrrole nitrogens is 1. The van der Waals surface area contributed by atoms with Crippen molar-refractivity contribution in [2.75, 3.05) is 20.8 Å². The molecule has 0 bridgehead atoms. The normalized spacial score (nSPS) is 18.8. The Kier molecular flexibility index (Phi) is 5.55. The molecular weight excluding hydrogens is 354 g/mol. The maximum Gasteiger partial charge on any atom is 0.223 e. The molecule has 1 aromatic heterocycles. The number of carbonyl (C=O) groups is 1. The van der Waals surface area contributed by atoms with Crippen LogP contribution in [0.3, 0.4) is 0 Å². The topological polar surface area (TPSA) is 67.5 Å². The SMILES string of the molecule is COc1ccc(C2CCCN2C(=O)CCc2n[nH]c3c2CCCC3)cc1OC. The van der Waals surface area contributed by atoms with E-state index in [2.05, 4.69) is 10.2 Å². The number of amides is 1. The molecule has 1 N–H and O–H groups in total. The number of aryl methyl sites for hydroxylation is 2. The molecule has 1 unspecified atom stereocenters. The fraction of sp³-hybridized carbons (Fsp3) is 0.545. The van der Waals surface area contributed by atoms with Crippen LogP contribution in [-0.4, -0.2) is 41.8 Å². The van der Waals surface area contributed by atoms with Gasteiger partial charge in [-0.2, -0.15) is 5.10 Å². The third-order valence-corrected chi connectivity index (χ3v) is 6.08. The molecule has 150 valence electrons. The van der Waals surface area contributed by atoms with Gasteiger partial charge in [-0.3, -0.25) is 9.89 Å². The van der Waals surface area contributed by atoms with Gasteiger partial charge in [-0.1, -0.05) is 6.07 Å². The molecule has 1 fully saturated rings. The number of aromatic nitrogens is 2. The number of hydrogen-bond donors (Lipinski definition) is 1. The number of aromatic amines is 1. The molecule has 0 radical (unpaired) electrons. The van der Waals surface area contributed by atoms with Crippen molar-refractivity contribution in [3.05, 3.63) is 40.7 Å². The molecule has 1 atom stereocenters. The molecule has 1 amide bonds. The van der Waals surface area contributed by atoms with Crippen LogP contribution in [0.2, 0.25) is 0 Å². The zero-order valence-corrected chi connectivity index (χ0v) is 16.8. The number of nitrogens with zero attached hydrogens (tertiary/aromatic N) is 2. The van der Waals surface area contributed by atoms with E-state index in [1.807, 2.05) is 23.1 Å². The Balaban J connectivity index is 1.44. The van der Waals surface area contributed by atoms with Gasteiger partial charge < -0.3 is 14.4 Å². The Morgan fingerprint density at radius 2 is 2.00 bits per heavy atom. The van der Waals surface area contributed by atoms with E-state index in [1.165, 1.54) is 24.1 Å². The van der Waals surface area contributed by atoms with Crippen molar-refractivity contribution in [1.29, 1.82) is 0 Å². The van der Waals surface area contributed by atoms with Crippen molar-refractivity contribution in [2.45, 2.75) is 57.4 Å². The zero-order valence-electron chi connectivity index (χ0n) is 16.8. The molecule has 1 aliphatic heterocycles. The summed E-state index contributed by atoms with van der Waals surface area (Å²) in [7, 11) is 3.28. The zero-order chi connectivity index (χ0) is 19.5. The van der Waals surface area contributed by atoms with E-state index in [9.17, 15) is 4.79 Å². The second kappa shape index (κ2) is 8.25. The summed E-state index contributed by atoms with van der Waals surface area (Å²) in [6, 6.07) is 6.08. The minimum Gasteiger partial charge on any atom is -0.493 e. The first-order chi connectivity index (χ1) is 13.7. The standard InChI is InChI=1S/C22H29N3O3/c1-27-20-11-9-15(14-21(20)28-2)19-8-5-13-25(19)22(26)12-10-18-16-6-3-4-7-17(16)23-24-18/h9,11,14,19H,3-8,10,12-13H2,1-2H3,(H,23,24). The van der Waals surface area contributed by atoms with E-state index in [4.69, 9.17) is 9.47 Å². The van der Waals surface area contributed by atoms with Crippen molar-refractivity contribution >= 4 is 5.91 Å². The first kappa shape index (κ1) is 18.8. The van der Waals surface area contributed by atoms with Gasteiger partial charge in [0, 0.05) is 25.1 Å². The smallest absolute Gasteiger partial charge is 0.223 e. The number of carbonyl (C=O) groups excluding carboxylic acids is 1. The molecule has 1 aliphatic carbocycles. The summed E-state index contributed by atoms with van der Waals surface area (Å²) in [6.07, 6.45) is 7.88. The van der Waals surface area contributed by atoms with Crippen molar-refractivity contribution in [3.8, 4) is 11.5 Å². The molecule has 0 saturated carbocycles. The number of nitrogens with one attached hydrogen (secondary N) is 1. The number of fused-ring (bicyclic) bond motifs is 1. The summed E-state index contributed by atoms with van der Waals surface area (Å²) in [5.74, 6) is 1.64. The highest BCUT2D eigenvalue weighted by atomic mass is 16.5. The lowest BCUT2D eigenvalue weighted by Crippen LogP contribution is -2.30. The summed E-state index contributed by atoms with van der Waals surface area (Å²) < 4.78 is 10.8. The quantitative estimate of drug-likeness (QED) is 0.828. The molecule has 28 heavy (non-hydrogen) atoms. The lowest BCUT2D eigenvalue weighted by molar-refractivity contribution is -0.132. The molecule has 2 heterocycles. The Labute approximate surface area is 166 Å². The molecule has 2 aliphatic rings.